The molecule has 0 bridgehead atoms. The van der Waals surface area contributed by atoms with Gasteiger partial charge in [-0.2, -0.15) is 0 Å². The highest BCUT2D eigenvalue weighted by atomic mass is 32.1. The second-order valence-corrected chi connectivity index (χ2v) is 10.2. The zero-order valence-electron chi connectivity index (χ0n) is 18.6. The zero-order chi connectivity index (χ0) is 22.1. The maximum atomic E-state index is 13.3. The fourth-order valence-corrected chi connectivity index (χ4v) is 6.15. The van der Waals surface area contributed by atoms with Crippen molar-refractivity contribution in [1.82, 2.24) is 19.8 Å². The van der Waals surface area contributed by atoms with E-state index in [1.165, 1.54) is 16.0 Å². The largest absolute Gasteiger partial charge is 0.343 e. The molecule has 5 rings (SSSR count). The third-order valence-electron chi connectivity index (χ3n) is 6.72. The minimum atomic E-state index is 0.0785. The van der Waals surface area contributed by atoms with Crippen LogP contribution >= 0.6 is 11.3 Å². The summed E-state index contributed by atoms with van der Waals surface area (Å²) < 4.78 is 1.74. The highest BCUT2D eigenvalue weighted by Crippen LogP contribution is 2.33. The van der Waals surface area contributed by atoms with Crippen molar-refractivity contribution in [1.29, 1.82) is 0 Å². The molecule has 1 saturated heterocycles. The first-order valence-electron chi connectivity index (χ1n) is 11.6. The lowest BCUT2D eigenvalue weighted by molar-refractivity contribution is -0.127. The molecule has 6 nitrogen and oxygen atoms in total. The molecular formula is C25H30N4O2S. The van der Waals surface area contributed by atoms with Gasteiger partial charge in [0.25, 0.3) is 5.56 Å². The quantitative estimate of drug-likeness (QED) is 0.561. The van der Waals surface area contributed by atoms with E-state index in [2.05, 4.69) is 41.5 Å². The molecule has 2 aromatic heterocycles. The van der Waals surface area contributed by atoms with Gasteiger partial charge in [-0.05, 0) is 56.7 Å². The Morgan fingerprint density at radius 3 is 2.81 bits per heavy atom. The summed E-state index contributed by atoms with van der Waals surface area (Å²) in [5, 5.41) is 4.50. The molecule has 32 heavy (non-hydrogen) atoms. The fourth-order valence-electron chi connectivity index (χ4n) is 4.89. The molecule has 0 spiro atoms. The molecule has 0 unspecified atom stereocenters. The van der Waals surface area contributed by atoms with Crippen LogP contribution in [0.1, 0.15) is 47.3 Å². The van der Waals surface area contributed by atoms with E-state index < -0.39 is 0 Å². The van der Waals surface area contributed by atoms with Crippen molar-refractivity contribution in [3.05, 3.63) is 62.5 Å². The first-order chi connectivity index (χ1) is 15.6. The van der Waals surface area contributed by atoms with Crippen LogP contribution in [0.5, 0.6) is 0 Å². The number of carbonyl (C=O) groups excluding carboxylic acids is 1. The fraction of sp³-hybridized carbons (Fsp3) is 0.480. The molecular weight excluding hydrogens is 420 g/mol. The number of aryl methyl sites for hydroxylation is 2. The van der Waals surface area contributed by atoms with E-state index in [9.17, 15) is 9.59 Å². The predicted octanol–water partition coefficient (Wildman–Crippen LogP) is 3.27. The first kappa shape index (κ1) is 21.3. The summed E-state index contributed by atoms with van der Waals surface area (Å²) in [4.78, 5) is 33.8. The zero-order valence-corrected chi connectivity index (χ0v) is 19.4. The highest BCUT2D eigenvalue weighted by Gasteiger charge is 2.25. The Morgan fingerprint density at radius 1 is 1.19 bits per heavy atom. The molecule has 168 valence electrons. The van der Waals surface area contributed by atoms with Crippen LogP contribution in [0.3, 0.4) is 0 Å². The Hall–Kier alpha value is -2.51. The average Bonchev–Trinajstić information content (AvgIpc) is 3.37. The van der Waals surface area contributed by atoms with Gasteiger partial charge in [-0.1, -0.05) is 29.8 Å². The Labute approximate surface area is 192 Å². The Balaban J connectivity index is 1.25. The number of carbonyl (C=O) groups is 1. The van der Waals surface area contributed by atoms with Crippen LogP contribution in [0.4, 0.5) is 0 Å². The third-order valence-corrected chi connectivity index (χ3v) is 7.88. The first-order valence-corrected chi connectivity index (χ1v) is 12.5. The molecule has 1 amide bonds. The number of aromatic nitrogens is 2. The van der Waals surface area contributed by atoms with Gasteiger partial charge in [-0.25, -0.2) is 4.98 Å². The topological polar surface area (TPSA) is 67.2 Å². The van der Waals surface area contributed by atoms with E-state index in [4.69, 9.17) is 0 Å². The van der Waals surface area contributed by atoms with E-state index in [0.717, 1.165) is 67.5 Å². The summed E-state index contributed by atoms with van der Waals surface area (Å²) >= 11 is 1.68. The van der Waals surface area contributed by atoms with Gasteiger partial charge >= 0.3 is 0 Å². The SMILES string of the molecule is Cc1ccc(Cn2cnc3sc4c(c3c2=O)CC[C@@H](NCCCN2CCCC2=O)C4)cc1. The molecule has 1 atom stereocenters. The number of likely N-dealkylation sites (tertiary alicyclic amines) is 1. The molecule has 0 radical (unpaired) electrons. The second-order valence-electron chi connectivity index (χ2n) is 9.08. The summed E-state index contributed by atoms with van der Waals surface area (Å²) in [6.45, 7) is 5.32. The lowest BCUT2D eigenvalue weighted by Crippen LogP contribution is -2.36. The molecule has 1 N–H and O–H groups in total. The summed E-state index contributed by atoms with van der Waals surface area (Å²) in [6, 6.07) is 8.74. The predicted molar refractivity (Wildman–Crippen MR) is 128 cm³/mol. The monoisotopic (exact) mass is 450 g/mol. The summed E-state index contributed by atoms with van der Waals surface area (Å²) in [5.74, 6) is 0.304. The van der Waals surface area contributed by atoms with Crippen LogP contribution in [-0.2, 0) is 24.2 Å². The van der Waals surface area contributed by atoms with Crippen molar-refractivity contribution in [3.8, 4) is 0 Å². The molecule has 1 aromatic carbocycles. The van der Waals surface area contributed by atoms with Gasteiger partial charge in [0.05, 0.1) is 18.3 Å². The van der Waals surface area contributed by atoms with E-state index in [0.29, 0.717) is 24.9 Å². The van der Waals surface area contributed by atoms with Crippen LogP contribution in [0.2, 0.25) is 0 Å². The Bertz CT molecular complexity index is 1180. The smallest absolute Gasteiger partial charge is 0.262 e. The Morgan fingerprint density at radius 2 is 2.03 bits per heavy atom. The number of benzene rings is 1. The summed E-state index contributed by atoms with van der Waals surface area (Å²) in [7, 11) is 0. The van der Waals surface area contributed by atoms with Gasteiger partial charge in [0.1, 0.15) is 4.83 Å². The van der Waals surface area contributed by atoms with Crippen LogP contribution < -0.4 is 10.9 Å². The van der Waals surface area contributed by atoms with Gasteiger partial charge in [-0.15, -0.1) is 11.3 Å². The van der Waals surface area contributed by atoms with E-state index in [1.54, 1.807) is 22.2 Å². The van der Waals surface area contributed by atoms with E-state index in [1.807, 2.05) is 4.90 Å². The maximum absolute atomic E-state index is 13.3. The van der Waals surface area contributed by atoms with Gasteiger partial charge < -0.3 is 10.2 Å². The standard InChI is InChI=1S/C25H30N4O2S/c1-17-5-7-18(8-6-17)15-29-16-27-24-23(25(29)31)20-10-9-19(14-21(20)32-24)26-11-3-13-28-12-2-4-22(28)30/h5-8,16,19,26H,2-4,9-15H2,1H3/t19-/m1/s1. The van der Waals surface area contributed by atoms with Gasteiger partial charge in [0.15, 0.2) is 0 Å². The number of nitrogens with zero attached hydrogens (tertiary/aromatic N) is 3. The number of hydrogen-bond donors (Lipinski definition) is 1. The Kier molecular flexibility index (Phi) is 6.11. The highest BCUT2D eigenvalue weighted by molar-refractivity contribution is 7.18. The van der Waals surface area contributed by atoms with Gasteiger partial charge in [0, 0.05) is 30.4 Å². The second kappa shape index (κ2) is 9.16. The van der Waals surface area contributed by atoms with Crippen molar-refractivity contribution < 1.29 is 4.79 Å². The number of nitrogens with one attached hydrogen (secondary N) is 1. The molecule has 1 aliphatic heterocycles. The molecule has 3 aromatic rings. The third kappa shape index (κ3) is 4.36. The van der Waals surface area contributed by atoms with Crippen molar-refractivity contribution in [2.45, 2.75) is 58.0 Å². The number of rotatable bonds is 7. The van der Waals surface area contributed by atoms with Crippen LogP contribution in [0, 0.1) is 6.92 Å². The van der Waals surface area contributed by atoms with E-state index >= 15 is 0 Å². The number of thiophene rings is 1. The molecule has 1 aliphatic carbocycles. The van der Waals surface area contributed by atoms with E-state index in [-0.39, 0.29) is 5.56 Å². The molecule has 3 heterocycles. The summed E-state index contributed by atoms with van der Waals surface area (Å²) in [5.41, 5.74) is 3.62. The lowest BCUT2D eigenvalue weighted by atomic mass is 9.93. The van der Waals surface area contributed by atoms with Crippen molar-refractivity contribution in [3.63, 3.8) is 0 Å². The van der Waals surface area contributed by atoms with Gasteiger partial charge in [0.2, 0.25) is 5.91 Å². The maximum Gasteiger partial charge on any atom is 0.262 e. The number of fused-ring (bicyclic) bond motifs is 3. The molecule has 7 heteroatoms. The minimum absolute atomic E-state index is 0.0785. The molecule has 1 fully saturated rings. The van der Waals surface area contributed by atoms with Crippen LogP contribution in [0.25, 0.3) is 10.2 Å². The number of hydrogen-bond acceptors (Lipinski definition) is 5. The molecule has 0 saturated carbocycles. The van der Waals surface area contributed by atoms with Crippen molar-refractivity contribution in [2.24, 2.45) is 0 Å². The lowest BCUT2D eigenvalue weighted by Gasteiger charge is -2.24. The normalized spacial score (nSPS) is 18.5. The minimum Gasteiger partial charge on any atom is -0.343 e. The molecule has 2 aliphatic rings. The average molecular weight is 451 g/mol. The van der Waals surface area contributed by atoms with Crippen molar-refractivity contribution in [2.75, 3.05) is 19.6 Å². The number of amides is 1. The van der Waals surface area contributed by atoms with Crippen LogP contribution in [-0.4, -0.2) is 46.0 Å². The summed E-state index contributed by atoms with van der Waals surface area (Å²) in [6.07, 6.45) is 7.32. The van der Waals surface area contributed by atoms with Crippen molar-refractivity contribution >= 4 is 27.5 Å². The van der Waals surface area contributed by atoms with Gasteiger partial charge in [-0.3, -0.25) is 14.2 Å². The van der Waals surface area contributed by atoms with Crippen LogP contribution in [0.15, 0.2) is 35.4 Å².